The zero-order valence-electron chi connectivity index (χ0n) is 12.8. The second-order valence-electron chi connectivity index (χ2n) is 4.93. The predicted octanol–water partition coefficient (Wildman–Crippen LogP) is 3.21. The van der Waals surface area contributed by atoms with Crippen molar-refractivity contribution in [2.75, 3.05) is 12.4 Å². The minimum Gasteiger partial charge on any atom is -0.495 e. The van der Waals surface area contributed by atoms with E-state index in [9.17, 15) is 8.42 Å². The molecular formula is C16H15N3O3S2. The van der Waals surface area contributed by atoms with Crippen molar-refractivity contribution in [3.63, 3.8) is 0 Å². The summed E-state index contributed by atoms with van der Waals surface area (Å²) in [6.07, 6.45) is 0. The van der Waals surface area contributed by atoms with Gasteiger partial charge in [0.2, 0.25) is 10.0 Å². The molecule has 6 nitrogen and oxygen atoms in total. The Morgan fingerprint density at radius 1 is 1.12 bits per heavy atom. The number of hydrogen-bond acceptors (Lipinski definition) is 6. The van der Waals surface area contributed by atoms with Crippen molar-refractivity contribution >= 4 is 32.2 Å². The largest absolute Gasteiger partial charge is 0.495 e. The number of methoxy groups -OCH3 is 1. The molecule has 3 rings (SSSR count). The molecule has 0 amide bonds. The Morgan fingerprint density at radius 2 is 1.83 bits per heavy atom. The fourth-order valence-electron chi connectivity index (χ4n) is 2.14. The first kappa shape index (κ1) is 16.4. The Hall–Kier alpha value is -2.42. The second-order valence-corrected chi connectivity index (χ2v) is 7.35. The van der Waals surface area contributed by atoms with Gasteiger partial charge in [0.15, 0.2) is 5.13 Å². The van der Waals surface area contributed by atoms with Crippen LogP contribution in [0.5, 0.6) is 5.75 Å². The zero-order valence-corrected chi connectivity index (χ0v) is 14.4. The number of sulfonamides is 1. The summed E-state index contributed by atoms with van der Waals surface area (Å²) in [4.78, 5) is 4.59. The number of nitrogens with one attached hydrogen (secondary N) is 1. The van der Waals surface area contributed by atoms with Crippen LogP contribution in [0.4, 0.5) is 10.8 Å². The summed E-state index contributed by atoms with van der Waals surface area (Å²) >= 11 is 1.45. The maximum absolute atomic E-state index is 11.3. The SMILES string of the molecule is COc1ccccc1Nc1nc(-c2ccc(S(N)(=O)=O)cc2)cs1. The minimum atomic E-state index is -3.69. The summed E-state index contributed by atoms with van der Waals surface area (Å²) < 4.78 is 27.9. The highest BCUT2D eigenvalue weighted by atomic mass is 32.2. The number of para-hydroxylation sites is 2. The molecule has 2 aromatic carbocycles. The third-order valence-corrected chi connectivity index (χ3v) is 5.02. The normalized spacial score (nSPS) is 11.2. The lowest BCUT2D eigenvalue weighted by molar-refractivity contribution is 0.417. The number of hydrogen-bond donors (Lipinski definition) is 2. The van der Waals surface area contributed by atoms with Gasteiger partial charge in [0.05, 0.1) is 23.4 Å². The topological polar surface area (TPSA) is 94.3 Å². The molecule has 0 bridgehead atoms. The van der Waals surface area contributed by atoms with Crippen LogP contribution in [0.2, 0.25) is 0 Å². The standard InChI is InChI=1S/C16H15N3O3S2/c1-22-15-5-3-2-4-13(15)18-16-19-14(10-23-16)11-6-8-12(9-7-11)24(17,20)21/h2-10H,1H3,(H,18,19)(H2,17,20,21). The second kappa shape index (κ2) is 6.60. The lowest BCUT2D eigenvalue weighted by Crippen LogP contribution is -2.11. The number of benzene rings is 2. The van der Waals surface area contributed by atoms with Crippen molar-refractivity contribution in [1.29, 1.82) is 0 Å². The van der Waals surface area contributed by atoms with E-state index in [4.69, 9.17) is 9.88 Å². The Balaban J connectivity index is 1.83. The molecule has 3 aromatic rings. The quantitative estimate of drug-likeness (QED) is 0.728. The molecule has 0 saturated carbocycles. The summed E-state index contributed by atoms with van der Waals surface area (Å²) in [5, 5.41) is 10.9. The molecule has 1 aromatic heterocycles. The van der Waals surface area contributed by atoms with Crippen LogP contribution in [-0.4, -0.2) is 20.5 Å². The molecule has 0 radical (unpaired) electrons. The van der Waals surface area contributed by atoms with E-state index in [0.717, 1.165) is 22.7 Å². The van der Waals surface area contributed by atoms with E-state index >= 15 is 0 Å². The van der Waals surface area contributed by atoms with Gasteiger partial charge in [-0.05, 0) is 24.3 Å². The van der Waals surface area contributed by atoms with E-state index < -0.39 is 10.0 Å². The highest BCUT2D eigenvalue weighted by Gasteiger charge is 2.10. The molecule has 0 atom stereocenters. The molecule has 3 N–H and O–H groups in total. The Labute approximate surface area is 144 Å². The fourth-order valence-corrected chi connectivity index (χ4v) is 3.39. The van der Waals surface area contributed by atoms with Crippen molar-refractivity contribution in [1.82, 2.24) is 4.98 Å². The minimum absolute atomic E-state index is 0.0776. The van der Waals surface area contributed by atoms with E-state index in [1.54, 1.807) is 19.2 Å². The summed E-state index contributed by atoms with van der Waals surface area (Å²) in [6.45, 7) is 0. The molecule has 0 aliphatic carbocycles. The molecule has 0 unspecified atom stereocenters. The molecule has 24 heavy (non-hydrogen) atoms. The van der Waals surface area contributed by atoms with E-state index in [-0.39, 0.29) is 4.90 Å². The van der Waals surface area contributed by atoms with Crippen molar-refractivity contribution in [3.8, 4) is 17.0 Å². The lowest BCUT2D eigenvalue weighted by atomic mass is 10.2. The highest BCUT2D eigenvalue weighted by Crippen LogP contribution is 2.31. The molecule has 0 saturated heterocycles. The third-order valence-electron chi connectivity index (χ3n) is 3.33. The average molecular weight is 361 g/mol. The van der Waals surface area contributed by atoms with Crippen LogP contribution in [0.1, 0.15) is 0 Å². The van der Waals surface area contributed by atoms with Crippen LogP contribution in [-0.2, 0) is 10.0 Å². The van der Waals surface area contributed by atoms with Gasteiger partial charge in [-0.2, -0.15) is 0 Å². The Bertz CT molecular complexity index is 951. The number of rotatable bonds is 5. The van der Waals surface area contributed by atoms with Gasteiger partial charge in [-0.1, -0.05) is 24.3 Å². The number of anilines is 2. The average Bonchev–Trinajstić information content (AvgIpc) is 3.03. The maximum Gasteiger partial charge on any atom is 0.238 e. The molecule has 0 aliphatic heterocycles. The molecular weight excluding hydrogens is 346 g/mol. The number of primary sulfonamides is 1. The number of ether oxygens (including phenoxy) is 1. The van der Waals surface area contributed by atoms with Gasteiger partial charge >= 0.3 is 0 Å². The van der Waals surface area contributed by atoms with Crippen LogP contribution in [0.15, 0.2) is 58.8 Å². The van der Waals surface area contributed by atoms with Crippen LogP contribution in [0, 0.1) is 0 Å². The first-order valence-electron chi connectivity index (χ1n) is 6.96. The summed E-state index contributed by atoms with van der Waals surface area (Å²) in [5.74, 6) is 0.728. The van der Waals surface area contributed by atoms with Crippen LogP contribution in [0.3, 0.4) is 0 Å². The van der Waals surface area contributed by atoms with Gasteiger partial charge in [0, 0.05) is 10.9 Å². The van der Waals surface area contributed by atoms with Gasteiger partial charge in [0.25, 0.3) is 0 Å². The van der Waals surface area contributed by atoms with E-state index in [2.05, 4.69) is 10.3 Å². The number of nitrogens with zero attached hydrogens (tertiary/aromatic N) is 1. The molecule has 0 spiro atoms. The lowest BCUT2D eigenvalue weighted by Gasteiger charge is -2.08. The zero-order chi connectivity index (χ0) is 17.2. The van der Waals surface area contributed by atoms with Gasteiger partial charge in [-0.25, -0.2) is 18.5 Å². The molecule has 0 fully saturated rings. The number of nitrogens with two attached hydrogens (primary N) is 1. The van der Waals surface area contributed by atoms with Crippen molar-refractivity contribution in [2.24, 2.45) is 5.14 Å². The molecule has 0 aliphatic rings. The summed E-state index contributed by atoms with van der Waals surface area (Å²) in [5.41, 5.74) is 2.38. The summed E-state index contributed by atoms with van der Waals surface area (Å²) in [7, 11) is -2.08. The van der Waals surface area contributed by atoms with Crippen LogP contribution in [0.25, 0.3) is 11.3 Å². The molecule has 8 heteroatoms. The van der Waals surface area contributed by atoms with E-state index in [1.165, 1.54) is 23.5 Å². The Morgan fingerprint density at radius 3 is 2.50 bits per heavy atom. The van der Waals surface area contributed by atoms with Crippen LogP contribution < -0.4 is 15.2 Å². The van der Waals surface area contributed by atoms with E-state index in [1.807, 2.05) is 29.6 Å². The molecule has 1 heterocycles. The van der Waals surface area contributed by atoms with Crippen LogP contribution >= 0.6 is 11.3 Å². The van der Waals surface area contributed by atoms with Gasteiger partial charge < -0.3 is 10.1 Å². The summed E-state index contributed by atoms with van der Waals surface area (Å²) in [6, 6.07) is 13.9. The van der Waals surface area contributed by atoms with Crippen molar-refractivity contribution in [3.05, 3.63) is 53.9 Å². The number of aromatic nitrogens is 1. The third kappa shape index (κ3) is 3.56. The first-order valence-corrected chi connectivity index (χ1v) is 9.39. The predicted molar refractivity (Wildman–Crippen MR) is 95.2 cm³/mol. The number of thiazole rings is 1. The van der Waals surface area contributed by atoms with E-state index in [0.29, 0.717) is 5.13 Å². The van der Waals surface area contributed by atoms with Gasteiger partial charge in [-0.3, -0.25) is 0 Å². The van der Waals surface area contributed by atoms with Gasteiger partial charge in [0.1, 0.15) is 5.75 Å². The Kier molecular flexibility index (Phi) is 4.52. The fraction of sp³-hybridized carbons (Fsp3) is 0.0625. The highest BCUT2D eigenvalue weighted by molar-refractivity contribution is 7.89. The smallest absolute Gasteiger partial charge is 0.238 e. The monoisotopic (exact) mass is 361 g/mol. The molecule has 124 valence electrons. The van der Waals surface area contributed by atoms with Crippen molar-refractivity contribution < 1.29 is 13.2 Å². The van der Waals surface area contributed by atoms with Crippen molar-refractivity contribution in [2.45, 2.75) is 4.90 Å². The first-order chi connectivity index (χ1) is 11.5. The maximum atomic E-state index is 11.3. The van der Waals surface area contributed by atoms with Gasteiger partial charge in [-0.15, -0.1) is 11.3 Å².